The zero-order chi connectivity index (χ0) is 41.3. The molecule has 1 aromatic carbocycles. The number of hydrogen-bond acceptors (Lipinski definition) is 10. The molecular weight excluding hydrogens is 793 g/mol. The summed E-state index contributed by atoms with van der Waals surface area (Å²) in [5, 5.41) is 27.0. The van der Waals surface area contributed by atoms with Gasteiger partial charge in [0.05, 0.1) is 22.6 Å². The summed E-state index contributed by atoms with van der Waals surface area (Å²) in [6.45, 7) is 4.20. The van der Waals surface area contributed by atoms with Gasteiger partial charge in [0.2, 0.25) is 5.88 Å². The average Bonchev–Trinajstić information content (AvgIpc) is 3.23. The van der Waals surface area contributed by atoms with Crippen LogP contribution >= 0.6 is 35.3 Å². The van der Waals surface area contributed by atoms with Crippen LogP contribution in [0.3, 0.4) is 0 Å². The normalized spacial score (nSPS) is 18.7. The number of rotatable bonds is 16. The summed E-state index contributed by atoms with van der Waals surface area (Å²) in [4.78, 5) is 58.2. The molecule has 0 radical (unpaired) electrons. The highest BCUT2D eigenvalue weighted by Crippen LogP contribution is 2.33. The highest BCUT2D eigenvalue weighted by Gasteiger charge is 2.28. The van der Waals surface area contributed by atoms with E-state index in [2.05, 4.69) is 29.5 Å². The quantitative estimate of drug-likeness (QED) is 0.101. The van der Waals surface area contributed by atoms with Gasteiger partial charge >= 0.3 is 11.9 Å². The lowest BCUT2D eigenvalue weighted by atomic mass is 9.87. The number of pyridine rings is 2. The molecule has 11 nitrogen and oxygen atoms in total. The molecule has 3 aromatic rings. The molecule has 3 fully saturated rings. The molecule has 2 heterocycles. The Balaban J connectivity index is 0.000000221. The summed E-state index contributed by atoms with van der Waals surface area (Å²) in [7, 11) is 0. The second-order valence-corrected chi connectivity index (χ2v) is 18.4. The molecule has 0 aliphatic heterocycles. The van der Waals surface area contributed by atoms with Gasteiger partial charge in [-0.3, -0.25) is 14.4 Å². The van der Waals surface area contributed by atoms with Crippen molar-refractivity contribution in [2.75, 3.05) is 11.5 Å². The number of carboxylic acid groups (broad SMARTS) is 2. The van der Waals surface area contributed by atoms with Crippen molar-refractivity contribution in [1.29, 1.82) is 0 Å². The number of amides is 2. The SMILES string of the molecule is CCCSc1nc(OC2CCC(C(=O)O)CC2)ccc1C(=O)NC1CCCCC1.CCCSc1nc(Sc2ccccc2C(=O)O)ccc1C(=O)NC1CCCCC1. The third-order valence-corrected chi connectivity index (χ3v) is 14.0. The van der Waals surface area contributed by atoms with Gasteiger partial charge < -0.3 is 25.6 Å². The Hall–Kier alpha value is -3.75. The molecule has 2 amide bonds. The third-order valence-electron chi connectivity index (χ3n) is 10.6. The van der Waals surface area contributed by atoms with E-state index in [1.807, 2.05) is 18.2 Å². The van der Waals surface area contributed by atoms with E-state index in [0.717, 1.165) is 67.9 Å². The van der Waals surface area contributed by atoms with Crippen molar-refractivity contribution >= 4 is 59.0 Å². The van der Waals surface area contributed by atoms with Crippen LogP contribution in [0.2, 0.25) is 0 Å². The van der Waals surface area contributed by atoms with E-state index >= 15 is 0 Å². The Morgan fingerprint density at radius 3 is 1.72 bits per heavy atom. The van der Waals surface area contributed by atoms with Crippen molar-refractivity contribution < 1.29 is 34.1 Å². The number of nitrogens with one attached hydrogen (secondary N) is 2. The number of benzene rings is 1. The Morgan fingerprint density at radius 1 is 0.655 bits per heavy atom. The number of carbonyl (C=O) groups excluding carboxylic acids is 2. The van der Waals surface area contributed by atoms with Gasteiger partial charge in [-0.1, -0.05) is 76.3 Å². The minimum absolute atomic E-state index is 0.0101. The predicted molar refractivity (Wildman–Crippen MR) is 231 cm³/mol. The lowest BCUT2D eigenvalue weighted by Gasteiger charge is -2.26. The van der Waals surface area contributed by atoms with E-state index < -0.39 is 11.9 Å². The minimum atomic E-state index is -0.961. The van der Waals surface area contributed by atoms with Crippen LogP contribution in [0, 0.1) is 5.92 Å². The van der Waals surface area contributed by atoms with Crippen LogP contribution in [-0.4, -0.2) is 73.6 Å². The van der Waals surface area contributed by atoms with Gasteiger partial charge in [0, 0.05) is 23.0 Å². The molecule has 2 aromatic heterocycles. The number of aliphatic carboxylic acids is 1. The van der Waals surface area contributed by atoms with Crippen LogP contribution in [0.25, 0.3) is 0 Å². The summed E-state index contributed by atoms with van der Waals surface area (Å²) in [5.74, 6) is 0.244. The lowest BCUT2D eigenvalue weighted by molar-refractivity contribution is -0.143. The maximum absolute atomic E-state index is 12.9. The second-order valence-electron chi connectivity index (χ2n) is 15.2. The van der Waals surface area contributed by atoms with E-state index in [9.17, 15) is 24.3 Å². The Morgan fingerprint density at radius 2 is 1.19 bits per heavy atom. The van der Waals surface area contributed by atoms with Crippen LogP contribution in [0.4, 0.5) is 0 Å². The van der Waals surface area contributed by atoms with Crippen molar-refractivity contribution in [2.45, 2.75) is 155 Å². The average molecular weight is 851 g/mol. The fraction of sp³-hybridized carbons (Fsp3) is 0.545. The largest absolute Gasteiger partial charge is 0.481 e. The predicted octanol–water partition coefficient (Wildman–Crippen LogP) is 10.2. The van der Waals surface area contributed by atoms with Crippen molar-refractivity contribution in [2.24, 2.45) is 5.92 Å². The van der Waals surface area contributed by atoms with Crippen LogP contribution in [0.15, 0.2) is 68.5 Å². The number of aromatic nitrogens is 2. The summed E-state index contributed by atoms with van der Waals surface area (Å²) in [5.41, 5.74) is 1.47. The molecular formula is C44H58N4O7S3. The van der Waals surface area contributed by atoms with Crippen LogP contribution < -0.4 is 15.4 Å². The van der Waals surface area contributed by atoms with Gasteiger partial charge in [0.25, 0.3) is 11.8 Å². The number of carboxylic acids is 2. The second kappa shape index (κ2) is 23.7. The molecule has 4 N–H and O–H groups in total. The number of thioether (sulfide) groups is 2. The lowest BCUT2D eigenvalue weighted by Crippen LogP contribution is -2.36. The van der Waals surface area contributed by atoms with Gasteiger partial charge in [-0.2, -0.15) is 0 Å². The Kier molecular flexibility index (Phi) is 18.6. The van der Waals surface area contributed by atoms with E-state index in [1.54, 1.807) is 53.9 Å². The van der Waals surface area contributed by atoms with Gasteiger partial charge in [-0.25, -0.2) is 14.8 Å². The Labute approximate surface area is 355 Å². The van der Waals surface area contributed by atoms with Gasteiger partial charge in [-0.05, 0) is 106 Å². The topological polar surface area (TPSA) is 168 Å². The molecule has 3 saturated carbocycles. The molecule has 3 aliphatic rings. The fourth-order valence-electron chi connectivity index (χ4n) is 7.40. The number of aromatic carboxylic acids is 1. The summed E-state index contributed by atoms with van der Waals surface area (Å²) >= 11 is 4.47. The Bertz CT molecular complexity index is 1830. The molecule has 0 atom stereocenters. The summed E-state index contributed by atoms with van der Waals surface area (Å²) in [6, 6.07) is 14.6. The zero-order valence-electron chi connectivity index (χ0n) is 33.7. The highest BCUT2D eigenvalue weighted by atomic mass is 32.2. The number of ether oxygens (including phenoxy) is 1. The van der Waals surface area contributed by atoms with Crippen molar-refractivity contribution in [1.82, 2.24) is 20.6 Å². The molecule has 0 saturated heterocycles. The van der Waals surface area contributed by atoms with E-state index in [1.165, 1.54) is 50.3 Å². The first-order valence-electron chi connectivity index (χ1n) is 20.9. The number of carbonyl (C=O) groups is 4. The van der Waals surface area contributed by atoms with E-state index in [4.69, 9.17) is 14.8 Å². The van der Waals surface area contributed by atoms with Crippen molar-refractivity contribution in [3.8, 4) is 5.88 Å². The van der Waals surface area contributed by atoms with Crippen LogP contribution in [0.1, 0.15) is 148 Å². The molecule has 314 valence electrons. The van der Waals surface area contributed by atoms with Crippen LogP contribution in [0.5, 0.6) is 5.88 Å². The maximum atomic E-state index is 12.9. The first-order valence-corrected chi connectivity index (χ1v) is 23.7. The monoisotopic (exact) mass is 850 g/mol. The fourth-order valence-corrected chi connectivity index (χ4v) is 10.1. The van der Waals surface area contributed by atoms with Crippen molar-refractivity contribution in [3.63, 3.8) is 0 Å². The molecule has 6 rings (SSSR count). The molecule has 0 spiro atoms. The molecule has 58 heavy (non-hydrogen) atoms. The molecule has 0 bridgehead atoms. The number of hydrogen-bond donors (Lipinski definition) is 4. The minimum Gasteiger partial charge on any atom is -0.481 e. The van der Waals surface area contributed by atoms with Gasteiger partial charge in [-0.15, -0.1) is 23.5 Å². The van der Waals surface area contributed by atoms with E-state index in [0.29, 0.717) is 44.8 Å². The molecule has 14 heteroatoms. The van der Waals surface area contributed by atoms with Gasteiger partial charge in [0.1, 0.15) is 21.2 Å². The van der Waals surface area contributed by atoms with Gasteiger partial charge in [0.15, 0.2) is 0 Å². The molecule has 3 aliphatic carbocycles. The summed E-state index contributed by atoms with van der Waals surface area (Å²) in [6.07, 6.45) is 16.1. The first-order chi connectivity index (χ1) is 28.1. The first kappa shape index (κ1) is 45.3. The number of nitrogens with zero attached hydrogens (tertiary/aromatic N) is 2. The van der Waals surface area contributed by atoms with Crippen LogP contribution in [-0.2, 0) is 4.79 Å². The van der Waals surface area contributed by atoms with E-state index in [-0.39, 0.29) is 41.5 Å². The van der Waals surface area contributed by atoms with Crippen molar-refractivity contribution in [3.05, 3.63) is 65.2 Å². The highest BCUT2D eigenvalue weighted by molar-refractivity contribution is 8.00. The zero-order valence-corrected chi connectivity index (χ0v) is 36.2. The molecule has 0 unspecified atom stereocenters. The maximum Gasteiger partial charge on any atom is 0.336 e. The summed E-state index contributed by atoms with van der Waals surface area (Å²) < 4.78 is 6.04. The third kappa shape index (κ3) is 13.9. The standard InChI is InChI=1S/C22H32N2O4S.C22H26N2O3S2/c1-2-14-29-21-18(20(25)23-16-6-4-3-5-7-16)12-13-19(24-21)28-17-10-8-15(9-11-17)22(26)27;1-2-14-28-21-17(20(25)23-15-8-4-3-5-9-15)12-13-19(24-21)29-18-11-7-6-10-16(18)22(26)27/h12-13,15-17H,2-11,14H2,1H3,(H,23,25)(H,26,27);6-7,10-13,15H,2-5,8-9,14H2,1H3,(H,23,25)(H,26,27). The smallest absolute Gasteiger partial charge is 0.336 e.